The van der Waals surface area contributed by atoms with Crippen LogP contribution in [0.1, 0.15) is 0 Å². The van der Waals surface area contributed by atoms with Crippen LogP contribution < -0.4 is 0 Å². The molecule has 0 saturated carbocycles. The van der Waals surface area contributed by atoms with Crippen LogP contribution in [0.25, 0.3) is 11.0 Å². The minimum Gasteiger partial charge on any atom is -0.354 e. The van der Waals surface area contributed by atoms with E-state index < -0.39 is 0 Å². The summed E-state index contributed by atoms with van der Waals surface area (Å²) in [5.74, 6) is 0. The van der Waals surface area contributed by atoms with E-state index in [2.05, 4.69) is 4.98 Å². The average Bonchev–Trinajstić information content (AvgIpc) is 2.23. The van der Waals surface area contributed by atoms with Crippen LogP contribution in [-0.2, 0) is 0 Å². The van der Waals surface area contributed by atoms with E-state index in [1.165, 1.54) is 0 Å². The smallest absolute Gasteiger partial charge is 0.0661 e. The van der Waals surface area contributed by atoms with Crippen LogP contribution in [-0.4, -0.2) is 4.98 Å². The van der Waals surface area contributed by atoms with E-state index in [4.69, 9.17) is 11.6 Å². The fraction of sp³-hybridized carbons (Fsp3) is 0. The molecule has 0 aliphatic carbocycles. The number of benzene rings is 1. The third-order valence-corrected chi connectivity index (χ3v) is 1.56. The average molecular weight is 126 g/mol. The molecule has 0 amide bonds. The monoisotopic (exact) mass is 125 g/mol. The minimum atomic E-state index is 0.822. The zero-order chi connectivity index (χ0) is 5.56. The Balaban J connectivity index is 3.02. The molecule has 1 N–H and O–H groups in total. The summed E-state index contributed by atoms with van der Waals surface area (Å²) < 4.78 is 0. The number of aromatic nitrogens is 1. The summed E-state index contributed by atoms with van der Waals surface area (Å²) in [6.45, 7) is 0. The number of rotatable bonds is 0. The first-order chi connectivity index (χ1) is 3.86. The zero-order valence-corrected chi connectivity index (χ0v) is 4.87. The Kier molecular flexibility index (Phi) is 0.619. The molecule has 0 atom stereocenters. The van der Waals surface area contributed by atoms with Crippen LogP contribution >= 0.6 is 11.6 Å². The SMILES string of the molecule is Clc1cc2ccc1[nH]2. The zero-order valence-electron chi connectivity index (χ0n) is 4.11. The lowest BCUT2D eigenvalue weighted by atomic mass is 10.4. The van der Waals surface area contributed by atoms with Crippen molar-refractivity contribution in [3.63, 3.8) is 0 Å². The molecule has 0 aliphatic heterocycles. The lowest BCUT2D eigenvalue weighted by molar-refractivity contribution is 1.60. The van der Waals surface area contributed by atoms with Crippen molar-refractivity contribution in [1.29, 1.82) is 0 Å². The molecule has 2 aromatic rings. The van der Waals surface area contributed by atoms with Gasteiger partial charge in [0.2, 0.25) is 0 Å². The van der Waals surface area contributed by atoms with Gasteiger partial charge in [-0.3, -0.25) is 0 Å². The van der Waals surface area contributed by atoms with Gasteiger partial charge in [0.1, 0.15) is 0 Å². The van der Waals surface area contributed by atoms with Gasteiger partial charge in [0.05, 0.1) is 10.5 Å². The quantitative estimate of drug-likeness (QED) is 0.556. The molecule has 2 aromatic heterocycles. The summed E-state index contributed by atoms with van der Waals surface area (Å²) in [7, 11) is 0. The molecule has 8 heavy (non-hydrogen) atoms. The minimum absolute atomic E-state index is 0.822. The summed E-state index contributed by atoms with van der Waals surface area (Å²) >= 11 is 5.70. The van der Waals surface area contributed by atoms with Gasteiger partial charge in [0.15, 0.2) is 0 Å². The Hall–Kier alpha value is -0.690. The van der Waals surface area contributed by atoms with Gasteiger partial charge in [0, 0.05) is 5.52 Å². The molecular weight excluding hydrogens is 122 g/mol. The molecule has 1 nitrogen and oxygen atoms in total. The van der Waals surface area contributed by atoms with Crippen LogP contribution in [0.15, 0.2) is 18.2 Å². The van der Waals surface area contributed by atoms with Crippen LogP contribution in [0.3, 0.4) is 0 Å². The highest BCUT2D eigenvalue weighted by Crippen LogP contribution is 2.21. The number of hydrogen-bond donors (Lipinski definition) is 1. The van der Waals surface area contributed by atoms with Gasteiger partial charge in [-0.05, 0) is 18.2 Å². The van der Waals surface area contributed by atoms with Crippen molar-refractivity contribution in [2.75, 3.05) is 0 Å². The van der Waals surface area contributed by atoms with Crippen LogP contribution in [0.5, 0.6) is 0 Å². The molecule has 2 heterocycles. The normalized spacial score (nSPS) is 11.1. The fourth-order valence-corrected chi connectivity index (χ4v) is 1.08. The summed E-state index contributed by atoms with van der Waals surface area (Å²) in [6, 6.07) is 5.88. The van der Waals surface area contributed by atoms with Crippen molar-refractivity contribution in [2.24, 2.45) is 0 Å². The molecule has 2 bridgehead atoms. The largest absolute Gasteiger partial charge is 0.354 e. The van der Waals surface area contributed by atoms with E-state index in [0.29, 0.717) is 0 Å². The van der Waals surface area contributed by atoms with Crippen molar-refractivity contribution in [3.05, 3.63) is 23.2 Å². The third-order valence-electron chi connectivity index (χ3n) is 1.25. The molecule has 0 aliphatic rings. The van der Waals surface area contributed by atoms with E-state index in [9.17, 15) is 0 Å². The number of aromatic amines is 1. The molecular formula is C6H4ClN. The first-order valence-electron chi connectivity index (χ1n) is 2.43. The van der Waals surface area contributed by atoms with Gasteiger partial charge in [0.25, 0.3) is 0 Å². The maximum absolute atomic E-state index is 5.70. The van der Waals surface area contributed by atoms with E-state index >= 15 is 0 Å². The topological polar surface area (TPSA) is 15.8 Å². The Labute approximate surface area is 51.6 Å². The van der Waals surface area contributed by atoms with Crippen molar-refractivity contribution >= 4 is 22.6 Å². The summed E-state index contributed by atoms with van der Waals surface area (Å²) in [6.07, 6.45) is 0. The summed E-state index contributed by atoms with van der Waals surface area (Å²) in [5.41, 5.74) is 2.13. The second-order valence-electron chi connectivity index (χ2n) is 1.82. The highest BCUT2D eigenvalue weighted by atomic mass is 35.5. The van der Waals surface area contributed by atoms with E-state index in [-0.39, 0.29) is 0 Å². The van der Waals surface area contributed by atoms with Crippen molar-refractivity contribution < 1.29 is 0 Å². The van der Waals surface area contributed by atoms with E-state index in [1.54, 1.807) is 0 Å². The Morgan fingerprint density at radius 1 is 1.38 bits per heavy atom. The van der Waals surface area contributed by atoms with Gasteiger partial charge in [-0.1, -0.05) is 11.6 Å². The van der Waals surface area contributed by atoms with E-state index in [0.717, 1.165) is 16.1 Å². The van der Waals surface area contributed by atoms with Crippen LogP contribution in [0.4, 0.5) is 0 Å². The second-order valence-corrected chi connectivity index (χ2v) is 2.23. The van der Waals surface area contributed by atoms with Crippen LogP contribution in [0.2, 0.25) is 5.02 Å². The molecule has 2 rings (SSSR count). The molecule has 0 aromatic carbocycles. The molecule has 0 spiro atoms. The first-order valence-corrected chi connectivity index (χ1v) is 2.80. The van der Waals surface area contributed by atoms with Crippen molar-refractivity contribution in [2.45, 2.75) is 0 Å². The maximum Gasteiger partial charge on any atom is 0.0661 e. The molecule has 40 valence electrons. The third kappa shape index (κ3) is 0.371. The Bertz CT molecular complexity index is 286. The van der Waals surface area contributed by atoms with Crippen molar-refractivity contribution in [3.8, 4) is 0 Å². The van der Waals surface area contributed by atoms with Gasteiger partial charge in [-0.15, -0.1) is 0 Å². The molecule has 0 fully saturated rings. The van der Waals surface area contributed by atoms with E-state index in [1.807, 2.05) is 18.2 Å². The van der Waals surface area contributed by atoms with Gasteiger partial charge < -0.3 is 4.98 Å². The van der Waals surface area contributed by atoms with Gasteiger partial charge >= 0.3 is 0 Å². The number of nitrogens with one attached hydrogen (secondary N) is 1. The molecule has 0 saturated heterocycles. The number of H-pyrrole nitrogens is 1. The Morgan fingerprint density at radius 2 is 2.25 bits per heavy atom. The lowest BCUT2D eigenvalue weighted by Crippen LogP contribution is -1.52. The van der Waals surface area contributed by atoms with Gasteiger partial charge in [-0.2, -0.15) is 0 Å². The number of hydrogen-bond acceptors (Lipinski definition) is 0. The highest BCUT2D eigenvalue weighted by molar-refractivity contribution is 6.34. The Morgan fingerprint density at radius 3 is 2.50 bits per heavy atom. The summed E-state index contributed by atoms with van der Waals surface area (Å²) in [4.78, 5) is 3.08. The van der Waals surface area contributed by atoms with Gasteiger partial charge in [-0.25, -0.2) is 0 Å². The molecule has 0 unspecified atom stereocenters. The first kappa shape index (κ1) is 4.21. The highest BCUT2D eigenvalue weighted by Gasteiger charge is 1.97. The second kappa shape index (κ2) is 1.17. The molecule has 0 radical (unpaired) electrons. The maximum atomic E-state index is 5.70. The summed E-state index contributed by atoms with van der Waals surface area (Å²) in [5, 5.41) is 0.822. The predicted octanol–water partition coefficient (Wildman–Crippen LogP) is 2.26. The van der Waals surface area contributed by atoms with Crippen molar-refractivity contribution in [1.82, 2.24) is 4.98 Å². The number of halogens is 1. The molecule has 2 heteroatoms. The number of fused-ring (bicyclic) bond motifs is 2. The standard InChI is InChI=1S/C6H4ClN/c7-5-3-4-1-2-6(5)8-4/h1-3,8H. The lowest BCUT2D eigenvalue weighted by Gasteiger charge is -1.76. The fourth-order valence-electron chi connectivity index (χ4n) is 0.850. The predicted molar refractivity (Wildman–Crippen MR) is 34.5 cm³/mol. The van der Waals surface area contributed by atoms with Crippen LogP contribution in [0, 0.1) is 0 Å².